The standard InChI is InChI=1S/C9H11NO5/c1-6(9(12)13)4-14-5-7-2-3-8(11)15-10-7/h2-3,6H,4-5H2,1H3,(H,12,13)/t6-/m0/s1. The molecule has 15 heavy (non-hydrogen) atoms. The van der Waals surface area contributed by atoms with Crippen LogP contribution >= 0.6 is 0 Å². The Morgan fingerprint density at radius 3 is 2.93 bits per heavy atom. The van der Waals surface area contributed by atoms with Crippen LogP contribution in [0.5, 0.6) is 0 Å². The van der Waals surface area contributed by atoms with Crippen molar-refractivity contribution in [1.82, 2.24) is 5.16 Å². The third-order valence-corrected chi connectivity index (χ3v) is 1.70. The maximum absolute atomic E-state index is 10.5. The first-order valence-electron chi connectivity index (χ1n) is 4.36. The minimum Gasteiger partial charge on any atom is -0.481 e. The third kappa shape index (κ3) is 3.90. The molecule has 1 atom stereocenters. The first kappa shape index (κ1) is 11.4. The monoisotopic (exact) mass is 213 g/mol. The van der Waals surface area contributed by atoms with E-state index in [2.05, 4.69) is 9.68 Å². The Morgan fingerprint density at radius 2 is 2.40 bits per heavy atom. The molecule has 0 saturated heterocycles. The zero-order valence-electron chi connectivity index (χ0n) is 8.17. The number of hydrogen-bond donors (Lipinski definition) is 1. The SMILES string of the molecule is C[C@@H](COCc1ccc(=O)on1)C(=O)O. The second kappa shape index (κ2) is 5.26. The van der Waals surface area contributed by atoms with Crippen molar-refractivity contribution >= 4 is 5.97 Å². The summed E-state index contributed by atoms with van der Waals surface area (Å²) in [5, 5.41) is 12.0. The zero-order valence-corrected chi connectivity index (χ0v) is 8.17. The highest BCUT2D eigenvalue weighted by Gasteiger charge is 2.10. The molecule has 0 unspecified atom stereocenters. The zero-order chi connectivity index (χ0) is 11.3. The van der Waals surface area contributed by atoms with Crippen LogP contribution in [0, 0.1) is 5.92 Å². The molecule has 82 valence electrons. The second-order valence-corrected chi connectivity index (χ2v) is 3.08. The quantitative estimate of drug-likeness (QED) is 0.755. The number of nitrogens with zero attached hydrogens (tertiary/aromatic N) is 1. The van der Waals surface area contributed by atoms with Crippen LogP contribution in [-0.2, 0) is 16.1 Å². The highest BCUT2D eigenvalue weighted by atomic mass is 16.5. The summed E-state index contributed by atoms with van der Waals surface area (Å²) >= 11 is 0. The molecule has 1 N–H and O–H groups in total. The number of carbonyl (C=O) groups is 1. The van der Waals surface area contributed by atoms with E-state index in [1.165, 1.54) is 12.1 Å². The van der Waals surface area contributed by atoms with Crippen LogP contribution in [0.25, 0.3) is 0 Å². The van der Waals surface area contributed by atoms with Crippen molar-refractivity contribution in [3.05, 3.63) is 28.2 Å². The van der Waals surface area contributed by atoms with Crippen molar-refractivity contribution in [3.63, 3.8) is 0 Å². The van der Waals surface area contributed by atoms with Crippen molar-refractivity contribution in [2.75, 3.05) is 6.61 Å². The largest absolute Gasteiger partial charge is 0.481 e. The fraction of sp³-hybridized carbons (Fsp3) is 0.444. The molecule has 1 aromatic heterocycles. The number of aliphatic carboxylic acids is 1. The lowest BCUT2D eigenvalue weighted by Crippen LogP contribution is -2.16. The van der Waals surface area contributed by atoms with Crippen molar-refractivity contribution in [3.8, 4) is 0 Å². The van der Waals surface area contributed by atoms with E-state index in [0.29, 0.717) is 5.69 Å². The van der Waals surface area contributed by atoms with Gasteiger partial charge in [0.25, 0.3) is 0 Å². The van der Waals surface area contributed by atoms with Crippen LogP contribution in [-0.4, -0.2) is 22.8 Å². The van der Waals surface area contributed by atoms with E-state index in [1.807, 2.05) is 0 Å². The molecule has 0 radical (unpaired) electrons. The fourth-order valence-electron chi connectivity index (χ4n) is 0.815. The molecule has 0 amide bonds. The highest BCUT2D eigenvalue weighted by molar-refractivity contribution is 5.69. The summed E-state index contributed by atoms with van der Waals surface area (Å²) in [6.45, 7) is 1.76. The summed E-state index contributed by atoms with van der Waals surface area (Å²) in [4.78, 5) is 21.0. The topological polar surface area (TPSA) is 89.6 Å². The molecule has 6 heteroatoms. The van der Waals surface area contributed by atoms with Gasteiger partial charge in [0.15, 0.2) is 0 Å². The van der Waals surface area contributed by atoms with Gasteiger partial charge in [0.05, 0.1) is 19.1 Å². The average molecular weight is 213 g/mol. The van der Waals surface area contributed by atoms with Crippen molar-refractivity contribution in [2.45, 2.75) is 13.5 Å². The lowest BCUT2D eigenvalue weighted by Gasteiger charge is -2.06. The Labute approximate surface area is 85.5 Å². The van der Waals surface area contributed by atoms with E-state index in [0.717, 1.165) is 0 Å². The van der Waals surface area contributed by atoms with E-state index in [4.69, 9.17) is 9.84 Å². The van der Waals surface area contributed by atoms with Gasteiger partial charge < -0.3 is 14.4 Å². The first-order chi connectivity index (χ1) is 7.09. The van der Waals surface area contributed by atoms with Crippen LogP contribution in [0.4, 0.5) is 0 Å². The summed E-state index contributed by atoms with van der Waals surface area (Å²) < 4.78 is 9.44. The molecule has 0 bridgehead atoms. The molecule has 0 aromatic carbocycles. The maximum Gasteiger partial charge on any atom is 0.358 e. The van der Waals surface area contributed by atoms with Gasteiger partial charge in [0, 0.05) is 6.07 Å². The van der Waals surface area contributed by atoms with Gasteiger partial charge in [0.1, 0.15) is 5.69 Å². The Bertz CT molecular complexity index is 366. The average Bonchev–Trinajstić information content (AvgIpc) is 2.20. The molecule has 0 saturated carbocycles. The van der Waals surface area contributed by atoms with Crippen LogP contribution in [0.2, 0.25) is 0 Å². The van der Waals surface area contributed by atoms with Crippen molar-refractivity contribution < 1.29 is 19.2 Å². The molecular weight excluding hydrogens is 202 g/mol. The highest BCUT2D eigenvalue weighted by Crippen LogP contribution is 1.99. The normalized spacial score (nSPS) is 12.3. The second-order valence-electron chi connectivity index (χ2n) is 3.08. The van der Waals surface area contributed by atoms with Gasteiger partial charge in [-0.2, -0.15) is 0 Å². The molecule has 6 nitrogen and oxygen atoms in total. The van der Waals surface area contributed by atoms with Crippen LogP contribution in [0.1, 0.15) is 12.6 Å². The Kier molecular flexibility index (Phi) is 3.99. The van der Waals surface area contributed by atoms with Crippen LogP contribution < -0.4 is 5.63 Å². The summed E-state index contributed by atoms with van der Waals surface area (Å²) in [5.74, 6) is -1.48. The molecule has 0 aliphatic heterocycles. The van der Waals surface area contributed by atoms with E-state index in [9.17, 15) is 9.59 Å². The van der Waals surface area contributed by atoms with Crippen LogP contribution in [0.15, 0.2) is 21.5 Å². The van der Waals surface area contributed by atoms with Gasteiger partial charge >= 0.3 is 11.6 Å². The lowest BCUT2D eigenvalue weighted by atomic mass is 10.2. The summed E-state index contributed by atoms with van der Waals surface area (Å²) in [5.41, 5.74) is -0.0788. The van der Waals surface area contributed by atoms with E-state index in [-0.39, 0.29) is 13.2 Å². The van der Waals surface area contributed by atoms with Crippen molar-refractivity contribution in [2.24, 2.45) is 5.92 Å². The van der Waals surface area contributed by atoms with Gasteiger partial charge in [0.2, 0.25) is 0 Å². The predicted molar refractivity (Wildman–Crippen MR) is 49.2 cm³/mol. The lowest BCUT2D eigenvalue weighted by molar-refractivity contribution is -0.143. The Morgan fingerprint density at radius 1 is 1.67 bits per heavy atom. The fourth-order valence-corrected chi connectivity index (χ4v) is 0.815. The molecule has 0 spiro atoms. The van der Waals surface area contributed by atoms with Crippen LogP contribution in [0.3, 0.4) is 0 Å². The first-order valence-corrected chi connectivity index (χ1v) is 4.36. The third-order valence-electron chi connectivity index (χ3n) is 1.70. The van der Waals surface area contributed by atoms with Gasteiger partial charge in [-0.15, -0.1) is 0 Å². The van der Waals surface area contributed by atoms with E-state index >= 15 is 0 Å². The molecule has 0 aliphatic rings. The number of ether oxygens (including phenoxy) is 1. The van der Waals surface area contributed by atoms with Gasteiger partial charge in [-0.05, 0) is 13.0 Å². The van der Waals surface area contributed by atoms with E-state index < -0.39 is 17.5 Å². The molecular formula is C9H11NO5. The van der Waals surface area contributed by atoms with Gasteiger partial charge in [-0.3, -0.25) is 4.79 Å². The summed E-state index contributed by atoms with van der Waals surface area (Å²) in [6, 6.07) is 2.70. The number of rotatable bonds is 5. The number of carboxylic acid groups (broad SMARTS) is 1. The maximum atomic E-state index is 10.5. The van der Waals surface area contributed by atoms with E-state index in [1.54, 1.807) is 6.92 Å². The molecule has 0 aliphatic carbocycles. The smallest absolute Gasteiger partial charge is 0.358 e. The number of hydrogen-bond acceptors (Lipinski definition) is 5. The molecule has 1 rings (SSSR count). The summed E-state index contributed by atoms with van der Waals surface area (Å²) in [7, 11) is 0. The van der Waals surface area contributed by atoms with Crippen molar-refractivity contribution in [1.29, 1.82) is 0 Å². The Balaban J connectivity index is 2.35. The molecule has 0 fully saturated rings. The van der Waals surface area contributed by atoms with Gasteiger partial charge in [-0.1, -0.05) is 5.16 Å². The minimum atomic E-state index is -0.914. The number of carboxylic acids is 1. The minimum absolute atomic E-state index is 0.0934. The Hall–Kier alpha value is -1.69. The van der Waals surface area contributed by atoms with Gasteiger partial charge in [-0.25, -0.2) is 4.79 Å². The molecule has 1 aromatic rings. The predicted octanol–water partition coefficient (Wildman–Crippen LogP) is 0.272. The summed E-state index contributed by atoms with van der Waals surface area (Å²) in [6.07, 6.45) is 0. The molecule has 1 heterocycles. The number of aromatic nitrogens is 1.